The maximum Gasteiger partial charge on any atom is 0.256 e. The summed E-state index contributed by atoms with van der Waals surface area (Å²) in [5.74, 6) is 1.38. The molecule has 9 heteroatoms. The number of hydrogen-bond donors (Lipinski definition) is 2. The first-order valence-electron chi connectivity index (χ1n) is 12.9. The number of carbonyl (C=O) groups excluding carboxylic acids is 2. The van der Waals surface area contributed by atoms with Gasteiger partial charge in [-0.1, -0.05) is 49.3 Å². The topological polar surface area (TPSA) is 118 Å². The Kier molecular flexibility index (Phi) is 7.44. The number of carbonyl (C=O) groups is 2. The summed E-state index contributed by atoms with van der Waals surface area (Å²) < 4.78 is 1.95. The van der Waals surface area contributed by atoms with Gasteiger partial charge in [-0.25, -0.2) is 9.97 Å². The van der Waals surface area contributed by atoms with E-state index in [0.717, 1.165) is 37.1 Å². The molecule has 2 aliphatic rings. The zero-order valence-corrected chi connectivity index (χ0v) is 21.4. The van der Waals surface area contributed by atoms with Crippen molar-refractivity contribution in [3.8, 4) is 11.3 Å². The molecule has 4 heterocycles. The largest absolute Gasteiger partial charge is 0.382 e. The maximum atomic E-state index is 13.0. The highest BCUT2D eigenvalue weighted by molar-refractivity contribution is 6.10. The number of aromatic nitrogens is 3. The number of rotatable bonds is 4. The van der Waals surface area contributed by atoms with E-state index in [0.29, 0.717) is 41.5 Å². The second-order valence-electron chi connectivity index (χ2n) is 9.29. The standard InChI is InChI=1S/C29H31N7O2/c1-2-9-24(37)35-18-8-4-5-10-22(35)28-34-25(26-27(30)32-17-19-36(26)28)20-12-14-21(15-13-20)29(38)33-23-11-6-3-7-16-31-23/h2-3,6-7,9,11-15,17,19,22H,4-5,8,10,16,18H2,1H3,(H2,30,32)(H,31,33,38)/b9-2+. The highest BCUT2D eigenvalue weighted by Gasteiger charge is 2.30. The predicted molar refractivity (Wildman–Crippen MR) is 149 cm³/mol. The van der Waals surface area contributed by atoms with Gasteiger partial charge in [0.1, 0.15) is 28.7 Å². The molecule has 1 saturated heterocycles. The molecule has 0 aliphatic carbocycles. The molecular formula is C29H31N7O2. The summed E-state index contributed by atoms with van der Waals surface area (Å²) in [6.45, 7) is 3.05. The second-order valence-corrected chi connectivity index (χ2v) is 9.29. The van der Waals surface area contributed by atoms with Gasteiger partial charge in [0.05, 0.1) is 12.6 Å². The smallest absolute Gasteiger partial charge is 0.256 e. The molecular weight excluding hydrogens is 478 g/mol. The van der Waals surface area contributed by atoms with Crippen LogP contribution in [0, 0.1) is 0 Å². The normalized spacial score (nSPS) is 17.9. The van der Waals surface area contributed by atoms with Crippen LogP contribution in [0.15, 0.2) is 78.1 Å². The number of likely N-dealkylation sites (tertiary alicyclic amines) is 1. The first-order valence-corrected chi connectivity index (χ1v) is 12.9. The van der Waals surface area contributed by atoms with Gasteiger partial charge < -0.3 is 16.0 Å². The van der Waals surface area contributed by atoms with Crippen molar-refractivity contribution in [1.82, 2.24) is 24.6 Å². The summed E-state index contributed by atoms with van der Waals surface area (Å²) in [7, 11) is 0. The molecule has 1 aromatic carbocycles. The van der Waals surface area contributed by atoms with Crippen LogP contribution < -0.4 is 11.1 Å². The minimum absolute atomic E-state index is 0.0148. The predicted octanol–water partition coefficient (Wildman–Crippen LogP) is 4.25. The number of amides is 2. The molecule has 0 spiro atoms. The first-order chi connectivity index (χ1) is 18.6. The zero-order valence-electron chi connectivity index (χ0n) is 21.4. The molecule has 0 radical (unpaired) electrons. The first kappa shape index (κ1) is 25.1. The summed E-state index contributed by atoms with van der Waals surface area (Å²) in [5, 5.41) is 2.84. The van der Waals surface area contributed by atoms with E-state index in [-0.39, 0.29) is 17.9 Å². The van der Waals surface area contributed by atoms with E-state index in [1.54, 1.807) is 36.6 Å². The fourth-order valence-corrected chi connectivity index (χ4v) is 4.94. The van der Waals surface area contributed by atoms with Crippen LogP contribution in [0.3, 0.4) is 0 Å². The molecule has 1 atom stereocenters. The Balaban J connectivity index is 1.50. The van der Waals surface area contributed by atoms with Gasteiger partial charge in [-0.05, 0) is 44.1 Å². The quantitative estimate of drug-likeness (QED) is 0.510. The van der Waals surface area contributed by atoms with Crippen molar-refractivity contribution >= 4 is 29.0 Å². The number of nitrogen functional groups attached to an aromatic ring is 1. The number of hydrogen-bond acceptors (Lipinski definition) is 6. The van der Waals surface area contributed by atoms with Crippen molar-refractivity contribution in [3.05, 3.63) is 84.5 Å². The Morgan fingerprint density at radius 2 is 1.97 bits per heavy atom. The summed E-state index contributed by atoms with van der Waals surface area (Å²) >= 11 is 0. The molecule has 3 N–H and O–H groups in total. The van der Waals surface area contributed by atoms with Gasteiger partial charge in [0, 0.05) is 30.1 Å². The number of fused-ring (bicyclic) bond motifs is 1. The van der Waals surface area contributed by atoms with Crippen LogP contribution in [-0.4, -0.2) is 50.0 Å². The number of benzene rings is 1. The van der Waals surface area contributed by atoms with Crippen molar-refractivity contribution in [3.63, 3.8) is 0 Å². The van der Waals surface area contributed by atoms with Crippen LogP contribution in [0.4, 0.5) is 5.82 Å². The lowest BCUT2D eigenvalue weighted by Crippen LogP contribution is -2.34. The van der Waals surface area contributed by atoms with E-state index < -0.39 is 0 Å². The molecule has 1 unspecified atom stereocenters. The van der Waals surface area contributed by atoms with Gasteiger partial charge in [0.15, 0.2) is 0 Å². The molecule has 5 rings (SSSR count). The Hall–Kier alpha value is -4.53. The van der Waals surface area contributed by atoms with E-state index in [4.69, 9.17) is 10.7 Å². The number of amidine groups is 1. The number of nitrogens with two attached hydrogens (primary N) is 1. The zero-order chi connectivity index (χ0) is 26.5. The summed E-state index contributed by atoms with van der Waals surface area (Å²) in [6, 6.07) is 7.05. The third-order valence-corrected chi connectivity index (χ3v) is 6.78. The SMILES string of the molecule is C/C=C/C(=O)N1CCCCCC1c1nc(-c2ccc(C(=O)NC3=NCC=CC=C3)cc2)c2c(N)nccn12. The molecule has 2 aromatic heterocycles. The van der Waals surface area contributed by atoms with Crippen LogP contribution >= 0.6 is 0 Å². The monoisotopic (exact) mass is 509 g/mol. The number of anilines is 1. The molecule has 194 valence electrons. The van der Waals surface area contributed by atoms with Crippen LogP contribution in [0.1, 0.15) is 54.8 Å². The Labute approximate surface area is 221 Å². The lowest BCUT2D eigenvalue weighted by molar-refractivity contribution is -0.128. The third-order valence-electron chi connectivity index (χ3n) is 6.78. The van der Waals surface area contributed by atoms with Crippen molar-refractivity contribution in [1.29, 1.82) is 0 Å². The Morgan fingerprint density at radius 1 is 1.13 bits per heavy atom. The number of allylic oxidation sites excluding steroid dienone is 3. The van der Waals surface area contributed by atoms with E-state index in [9.17, 15) is 9.59 Å². The molecule has 0 bridgehead atoms. The average Bonchev–Trinajstić information content (AvgIpc) is 3.08. The van der Waals surface area contributed by atoms with Crippen LogP contribution in [0.25, 0.3) is 16.8 Å². The molecule has 0 saturated carbocycles. The fraction of sp³-hybridized carbons (Fsp3) is 0.276. The van der Waals surface area contributed by atoms with Gasteiger partial charge in [0.2, 0.25) is 5.91 Å². The average molecular weight is 510 g/mol. The summed E-state index contributed by atoms with van der Waals surface area (Å²) in [5.41, 5.74) is 9.02. The molecule has 2 aliphatic heterocycles. The number of nitrogens with one attached hydrogen (secondary N) is 1. The molecule has 9 nitrogen and oxygen atoms in total. The van der Waals surface area contributed by atoms with Crippen molar-refractivity contribution in [2.45, 2.75) is 38.6 Å². The molecule has 1 fully saturated rings. The number of imidazole rings is 1. The fourth-order valence-electron chi connectivity index (χ4n) is 4.94. The highest BCUT2D eigenvalue weighted by atomic mass is 16.2. The van der Waals surface area contributed by atoms with E-state index in [1.807, 2.05) is 52.8 Å². The maximum absolute atomic E-state index is 13.0. The minimum Gasteiger partial charge on any atom is -0.382 e. The van der Waals surface area contributed by atoms with Gasteiger partial charge in [0.25, 0.3) is 5.91 Å². The van der Waals surface area contributed by atoms with Gasteiger partial charge >= 0.3 is 0 Å². The highest BCUT2D eigenvalue weighted by Crippen LogP contribution is 2.35. The lowest BCUT2D eigenvalue weighted by Gasteiger charge is -2.28. The Morgan fingerprint density at radius 3 is 2.79 bits per heavy atom. The lowest BCUT2D eigenvalue weighted by atomic mass is 10.1. The molecule has 3 aromatic rings. The van der Waals surface area contributed by atoms with Crippen molar-refractivity contribution in [2.24, 2.45) is 4.99 Å². The number of aliphatic imine (C=N–C) groups is 1. The summed E-state index contributed by atoms with van der Waals surface area (Å²) in [4.78, 5) is 41.4. The van der Waals surface area contributed by atoms with E-state index in [1.165, 1.54) is 0 Å². The van der Waals surface area contributed by atoms with Crippen LogP contribution in [-0.2, 0) is 4.79 Å². The summed E-state index contributed by atoms with van der Waals surface area (Å²) in [6.07, 6.45) is 18.2. The minimum atomic E-state index is -0.241. The van der Waals surface area contributed by atoms with Crippen LogP contribution in [0.5, 0.6) is 0 Å². The van der Waals surface area contributed by atoms with E-state index in [2.05, 4.69) is 15.3 Å². The number of nitrogens with zero attached hydrogens (tertiary/aromatic N) is 5. The third kappa shape index (κ3) is 5.13. The van der Waals surface area contributed by atoms with Gasteiger partial charge in [-0.2, -0.15) is 0 Å². The van der Waals surface area contributed by atoms with Crippen LogP contribution in [0.2, 0.25) is 0 Å². The van der Waals surface area contributed by atoms with Gasteiger partial charge in [-0.3, -0.25) is 19.0 Å². The van der Waals surface area contributed by atoms with E-state index >= 15 is 0 Å². The van der Waals surface area contributed by atoms with Crippen molar-refractivity contribution < 1.29 is 9.59 Å². The molecule has 2 amide bonds. The van der Waals surface area contributed by atoms with Crippen molar-refractivity contribution in [2.75, 3.05) is 18.8 Å². The molecule has 38 heavy (non-hydrogen) atoms. The van der Waals surface area contributed by atoms with Gasteiger partial charge in [-0.15, -0.1) is 0 Å². The second kappa shape index (κ2) is 11.2. The Bertz CT molecular complexity index is 1460.